The number of Topliss-reactive ketones (excluding diaryl/α,β-unsaturated/α-hetero) is 1. The Labute approximate surface area is 162 Å². The zero-order valence-corrected chi connectivity index (χ0v) is 19.8. The molecule has 0 aliphatic carbocycles. The van der Waals surface area contributed by atoms with Gasteiger partial charge in [0.25, 0.3) is 0 Å². The van der Waals surface area contributed by atoms with Gasteiger partial charge >= 0.3 is 8.56 Å². The number of hydrogen-bond donors (Lipinski definition) is 1. The molecule has 0 amide bonds. The molecule has 1 rings (SSSR count). The lowest BCUT2D eigenvalue weighted by Crippen LogP contribution is -2.66. The van der Waals surface area contributed by atoms with Crippen molar-refractivity contribution < 1.29 is 18.8 Å². The minimum Gasteiger partial charge on any atom is -0.392 e. The third-order valence-corrected chi connectivity index (χ3v) is 11.5. The Kier molecular flexibility index (Phi) is 7.34. The molecule has 0 spiro atoms. The van der Waals surface area contributed by atoms with Gasteiger partial charge in [0.1, 0.15) is 5.78 Å². The van der Waals surface area contributed by atoms with Gasteiger partial charge < -0.3 is 14.0 Å². The maximum Gasteiger partial charge on any atom is 0.349 e. The molecule has 0 aromatic carbocycles. The molecule has 5 heteroatoms. The van der Waals surface area contributed by atoms with Gasteiger partial charge in [0, 0.05) is 33.9 Å². The Hall–Kier alpha value is -0.233. The second-order valence-corrected chi connectivity index (χ2v) is 15.0. The highest BCUT2D eigenvalue weighted by molar-refractivity contribution is 6.73. The molecule has 26 heavy (non-hydrogen) atoms. The minimum atomic E-state index is -2.65. The summed E-state index contributed by atoms with van der Waals surface area (Å²) in [6.07, 6.45) is -0.142. The van der Waals surface area contributed by atoms with E-state index in [4.69, 9.17) is 8.85 Å². The summed E-state index contributed by atoms with van der Waals surface area (Å²) in [7, 11) is -2.65. The van der Waals surface area contributed by atoms with Gasteiger partial charge in [0.2, 0.25) is 0 Å². The standard InChI is InChI=1S/C21H42O4Si/c1-12-17(22)14(3)18(23)15(4)19-13(2)16(5)24-26(25-19,20(6,7)8)21(9,10)11/h13-17,19,22H,12H2,1-11H3/t13-,14?,15-,16+,17?,19-/m1/s1. The van der Waals surface area contributed by atoms with Crippen molar-refractivity contribution >= 4 is 14.3 Å². The first-order valence-electron chi connectivity index (χ1n) is 10.2. The van der Waals surface area contributed by atoms with Crippen molar-refractivity contribution in [1.29, 1.82) is 0 Å². The quantitative estimate of drug-likeness (QED) is 0.669. The molecule has 1 fully saturated rings. The minimum absolute atomic E-state index is 0.0421. The summed E-state index contributed by atoms with van der Waals surface area (Å²) in [6, 6.07) is 0. The van der Waals surface area contributed by atoms with Crippen LogP contribution in [0, 0.1) is 17.8 Å². The van der Waals surface area contributed by atoms with Crippen molar-refractivity contribution in [2.24, 2.45) is 17.8 Å². The Morgan fingerprint density at radius 3 is 1.88 bits per heavy atom. The maximum absolute atomic E-state index is 13.0. The third kappa shape index (κ3) is 4.26. The Balaban J connectivity index is 3.27. The maximum atomic E-state index is 13.0. The summed E-state index contributed by atoms with van der Waals surface area (Å²) >= 11 is 0. The second-order valence-electron chi connectivity index (χ2n) is 10.3. The van der Waals surface area contributed by atoms with E-state index in [1.807, 2.05) is 20.8 Å². The van der Waals surface area contributed by atoms with Crippen LogP contribution in [0.3, 0.4) is 0 Å². The van der Waals surface area contributed by atoms with Crippen LogP contribution in [-0.2, 0) is 13.6 Å². The van der Waals surface area contributed by atoms with E-state index >= 15 is 0 Å². The molecule has 0 aromatic heterocycles. The lowest BCUT2D eigenvalue weighted by atomic mass is 9.82. The van der Waals surface area contributed by atoms with Crippen molar-refractivity contribution in [3.63, 3.8) is 0 Å². The van der Waals surface area contributed by atoms with Crippen LogP contribution in [0.2, 0.25) is 10.1 Å². The molecule has 154 valence electrons. The van der Waals surface area contributed by atoms with Gasteiger partial charge in [-0.2, -0.15) is 0 Å². The van der Waals surface area contributed by atoms with E-state index in [0.717, 1.165) is 0 Å². The van der Waals surface area contributed by atoms with Crippen molar-refractivity contribution in [3.8, 4) is 0 Å². The highest BCUT2D eigenvalue weighted by Crippen LogP contribution is 2.56. The molecule has 1 N–H and O–H groups in total. The molecule has 1 aliphatic rings. The zero-order valence-electron chi connectivity index (χ0n) is 18.8. The number of ketones is 1. The largest absolute Gasteiger partial charge is 0.392 e. The van der Waals surface area contributed by atoms with E-state index in [1.54, 1.807) is 0 Å². The van der Waals surface area contributed by atoms with Crippen molar-refractivity contribution in [3.05, 3.63) is 0 Å². The predicted molar refractivity (Wildman–Crippen MR) is 109 cm³/mol. The van der Waals surface area contributed by atoms with Gasteiger partial charge in [-0.3, -0.25) is 4.79 Å². The van der Waals surface area contributed by atoms with E-state index in [1.165, 1.54) is 0 Å². The van der Waals surface area contributed by atoms with Gasteiger partial charge in [-0.15, -0.1) is 0 Å². The summed E-state index contributed by atoms with van der Waals surface area (Å²) in [5.41, 5.74) is 0. The van der Waals surface area contributed by atoms with Gasteiger partial charge in [0.15, 0.2) is 0 Å². The Morgan fingerprint density at radius 2 is 1.50 bits per heavy atom. The van der Waals surface area contributed by atoms with Crippen LogP contribution in [0.15, 0.2) is 0 Å². The molecule has 0 aromatic rings. The molecule has 2 unspecified atom stereocenters. The molecule has 6 atom stereocenters. The molecular weight excluding hydrogens is 344 g/mol. The summed E-state index contributed by atoms with van der Waals surface area (Å²) < 4.78 is 13.5. The van der Waals surface area contributed by atoms with Gasteiger partial charge in [-0.25, -0.2) is 0 Å². The fourth-order valence-corrected chi connectivity index (χ4v) is 9.73. The number of hydrogen-bond acceptors (Lipinski definition) is 4. The van der Waals surface area contributed by atoms with Crippen LogP contribution in [0.4, 0.5) is 0 Å². The fourth-order valence-electron chi connectivity index (χ4n) is 4.47. The van der Waals surface area contributed by atoms with Crippen LogP contribution in [0.25, 0.3) is 0 Å². The van der Waals surface area contributed by atoms with E-state index in [2.05, 4.69) is 55.4 Å². The van der Waals surface area contributed by atoms with E-state index in [9.17, 15) is 9.90 Å². The second kappa shape index (κ2) is 8.02. The lowest BCUT2D eigenvalue weighted by molar-refractivity contribution is -0.139. The highest BCUT2D eigenvalue weighted by atomic mass is 28.4. The Morgan fingerprint density at radius 1 is 1.04 bits per heavy atom. The van der Waals surface area contributed by atoms with Crippen LogP contribution in [0.1, 0.15) is 82.6 Å². The normalized spacial score (nSPS) is 30.5. The number of carbonyl (C=O) groups is 1. The summed E-state index contributed by atoms with van der Waals surface area (Å²) in [5.74, 6) is -0.408. The SMILES string of the molecule is CCC(O)C(C)C(=O)[C@@H](C)[C@@H]1O[Si](C(C)(C)C)(C(C)(C)C)O[C@@H](C)[C@H]1C. The average Bonchev–Trinajstić information content (AvgIpc) is 2.52. The lowest BCUT2D eigenvalue weighted by Gasteiger charge is -2.57. The fraction of sp³-hybridized carbons (Fsp3) is 0.952. The molecular formula is C21H42O4Si. The number of rotatable bonds is 5. The first kappa shape index (κ1) is 23.8. The van der Waals surface area contributed by atoms with Gasteiger partial charge in [-0.1, -0.05) is 69.2 Å². The molecule has 1 aliphatic heterocycles. The number of carbonyl (C=O) groups excluding carboxylic acids is 1. The monoisotopic (exact) mass is 386 g/mol. The molecule has 0 bridgehead atoms. The average molecular weight is 387 g/mol. The molecule has 0 radical (unpaired) electrons. The predicted octanol–water partition coefficient (Wildman–Crippen LogP) is 5.08. The first-order valence-corrected chi connectivity index (χ1v) is 12.0. The molecule has 1 saturated heterocycles. The van der Waals surface area contributed by atoms with E-state index in [0.29, 0.717) is 6.42 Å². The summed E-state index contributed by atoms with van der Waals surface area (Å²) in [4.78, 5) is 13.0. The Bertz CT molecular complexity index is 477. The van der Waals surface area contributed by atoms with Gasteiger partial charge in [-0.05, 0) is 13.3 Å². The number of aliphatic hydroxyl groups is 1. The topological polar surface area (TPSA) is 55.8 Å². The highest BCUT2D eigenvalue weighted by Gasteiger charge is 2.63. The molecule has 0 saturated carbocycles. The van der Waals surface area contributed by atoms with Crippen LogP contribution in [-0.4, -0.2) is 37.8 Å². The van der Waals surface area contributed by atoms with Crippen molar-refractivity contribution in [2.75, 3.05) is 0 Å². The zero-order chi connectivity index (χ0) is 20.7. The van der Waals surface area contributed by atoms with Crippen LogP contribution < -0.4 is 0 Å². The van der Waals surface area contributed by atoms with Crippen molar-refractivity contribution in [1.82, 2.24) is 0 Å². The van der Waals surface area contributed by atoms with E-state index < -0.39 is 14.7 Å². The summed E-state index contributed by atoms with van der Waals surface area (Å²) in [6.45, 7) is 23.1. The van der Waals surface area contributed by atoms with Crippen LogP contribution >= 0.6 is 0 Å². The molecule has 1 heterocycles. The summed E-state index contributed by atoms with van der Waals surface area (Å²) in [5, 5.41) is 9.91. The van der Waals surface area contributed by atoms with Crippen LogP contribution in [0.5, 0.6) is 0 Å². The smallest absolute Gasteiger partial charge is 0.349 e. The third-order valence-electron chi connectivity index (χ3n) is 6.27. The first-order chi connectivity index (χ1) is 11.6. The van der Waals surface area contributed by atoms with E-state index in [-0.39, 0.29) is 45.8 Å². The number of aliphatic hydroxyl groups excluding tert-OH is 1. The van der Waals surface area contributed by atoms with Gasteiger partial charge in [0.05, 0.1) is 12.2 Å². The molecule has 4 nitrogen and oxygen atoms in total. The van der Waals surface area contributed by atoms with Crippen molar-refractivity contribution in [2.45, 2.75) is 111 Å².